The van der Waals surface area contributed by atoms with E-state index in [0.717, 1.165) is 44.4 Å². The molecule has 2 N–H and O–H groups in total. The van der Waals surface area contributed by atoms with Gasteiger partial charge in [-0.05, 0) is 18.8 Å². The van der Waals surface area contributed by atoms with E-state index in [4.69, 9.17) is 19.3 Å². The van der Waals surface area contributed by atoms with Crippen molar-refractivity contribution >= 4 is 19.8 Å². The summed E-state index contributed by atoms with van der Waals surface area (Å²) < 4.78 is 26.0. The van der Waals surface area contributed by atoms with E-state index in [1.165, 1.54) is 64.2 Å². The van der Waals surface area contributed by atoms with Crippen LogP contribution in [0.3, 0.4) is 0 Å². The lowest BCUT2D eigenvalue weighted by Crippen LogP contribution is -2.29. The van der Waals surface area contributed by atoms with E-state index in [2.05, 4.69) is 25.3 Å². The fraction of sp³-hybridized carbons (Fsp3) is 0.929. The summed E-state index contributed by atoms with van der Waals surface area (Å²) in [5, 5.41) is 0. The normalized spacial score (nSPS) is 12.6. The molecule has 0 saturated carbocycles. The molecular formula is C28H55O8P. The molecule has 0 aliphatic carbocycles. The standard InChI is InChI=1S/C28H55O8P/c1-4-5-6-7-11-15-18-21-27(29)34-23-26(24-35-37(31,32)33)36-28(30)22-19-16-13-10-8-9-12-14-17-20-25(2)3/h25-26H,4-24H2,1-3H3,(H2,31,32,33)/t26-/m1/s1. The largest absolute Gasteiger partial charge is 0.469 e. The van der Waals surface area contributed by atoms with Crippen molar-refractivity contribution in [3.8, 4) is 0 Å². The Morgan fingerprint density at radius 3 is 1.62 bits per heavy atom. The molecule has 0 aromatic heterocycles. The lowest BCUT2D eigenvalue weighted by atomic mass is 10.0. The fourth-order valence-corrected chi connectivity index (χ4v) is 4.45. The van der Waals surface area contributed by atoms with Gasteiger partial charge in [-0.1, -0.05) is 117 Å². The molecule has 220 valence electrons. The topological polar surface area (TPSA) is 119 Å². The summed E-state index contributed by atoms with van der Waals surface area (Å²) in [5.41, 5.74) is 0. The lowest BCUT2D eigenvalue weighted by Gasteiger charge is -2.18. The maximum atomic E-state index is 12.2. The monoisotopic (exact) mass is 550 g/mol. The third-order valence-corrected chi connectivity index (χ3v) is 6.79. The van der Waals surface area contributed by atoms with Crippen LogP contribution >= 0.6 is 7.82 Å². The number of hydrogen-bond donors (Lipinski definition) is 2. The van der Waals surface area contributed by atoms with E-state index >= 15 is 0 Å². The van der Waals surface area contributed by atoms with Crippen LogP contribution in [0, 0.1) is 5.92 Å². The summed E-state index contributed by atoms with van der Waals surface area (Å²) in [7, 11) is -4.73. The predicted molar refractivity (Wildman–Crippen MR) is 147 cm³/mol. The van der Waals surface area contributed by atoms with Crippen molar-refractivity contribution < 1.29 is 37.9 Å². The van der Waals surface area contributed by atoms with E-state index in [-0.39, 0.29) is 19.4 Å². The van der Waals surface area contributed by atoms with Crippen LogP contribution in [0.4, 0.5) is 0 Å². The second-order valence-electron chi connectivity index (χ2n) is 10.6. The molecule has 0 unspecified atom stereocenters. The van der Waals surface area contributed by atoms with Gasteiger partial charge in [0.25, 0.3) is 0 Å². The van der Waals surface area contributed by atoms with Gasteiger partial charge in [0, 0.05) is 12.8 Å². The SMILES string of the molecule is CCCCCCCCCC(=O)OC[C@H](COP(=O)(O)O)OC(=O)CCCCCCCCCCCC(C)C. The van der Waals surface area contributed by atoms with Gasteiger partial charge in [0.2, 0.25) is 0 Å². The minimum atomic E-state index is -4.73. The first-order chi connectivity index (χ1) is 17.6. The second-order valence-corrected chi connectivity index (χ2v) is 11.8. The zero-order valence-corrected chi connectivity index (χ0v) is 24.7. The van der Waals surface area contributed by atoms with Crippen LogP contribution in [0.2, 0.25) is 0 Å². The van der Waals surface area contributed by atoms with Crippen LogP contribution in [0.25, 0.3) is 0 Å². The van der Waals surface area contributed by atoms with Gasteiger partial charge in [0.15, 0.2) is 6.10 Å². The number of phosphoric ester groups is 1. The van der Waals surface area contributed by atoms with Crippen molar-refractivity contribution in [2.45, 2.75) is 149 Å². The quantitative estimate of drug-likeness (QED) is 0.0640. The summed E-state index contributed by atoms with van der Waals surface area (Å²) >= 11 is 0. The molecule has 0 heterocycles. The van der Waals surface area contributed by atoms with Gasteiger partial charge in [-0.3, -0.25) is 14.1 Å². The van der Waals surface area contributed by atoms with Crippen LogP contribution in [0.5, 0.6) is 0 Å². The van der Waals surface area contributed by atoms with Crippen molar-refractivity contribution in [2.75, 3.05) is 13.2 Å². The van der Waals surface area contributed by atoms with Gasteiger partial charge in [-0.15, -0.1) is 0 Å². The zero-order chi connectivity index (χ0) is 27.8. The number of phosphoric acid groups is 1. The minimum Gasteiger partial charge on any atom is -0.462 e. The van der Waals surface area contributed by atoms with Crippen molar-refractivity contribution in [3.05, 3.63) is 0 Å². The Balaban J connectivity index is 4.05. The van der Waals surface area contributed by atoms with Crippen LogP contribution in [0.15, 0.2) is 0 Å². The Labute approximate surface area is 225 Å². The van der Waals surface area contributed by atoms with E-state index in [1.807, 2.05) is 0 Å². The third kappa shape index (κ3) is 27.9. The first-order valence-corrected chi connectivity index (χ1v) is 16.2. The van der Waals surface area contributed by atoms with Crippen molar-refractivity contribution in [1.82, 2.24) is 0 Å². The van der Waals surface area contributed by atoms with Crippen molar-refractivity contribution in [2.24, 2.45) is 5.92 Å². The fourth-order valence-electron chi connectivity index (χ4n) is 4.09. The van der Waals surface area contributed by atoms with E-state index in [1.54, 1.807) is 0 Å². The molecule has 0 bridgehead atoms. The highest BCUT2D eigenvalue weighted by atomic mass is 31.2. The molecule has 0 aliphatic rings. The molecule has 0 fully saturated rings. The van der Waals surface area contributed by atoms with Crippen molar-refractivity contribution in [1.29, 1.82) is 0 Å². The number of hydrogen-bond acceptors (Lipinski definition) is 6. The summed E-state index contributed by atoms with van der Waals surface area (Å²) in [6.45, 7) is 5.89. The number of ether oxygens (including phenoxy) is 2. The van der Waals surface area contributed by atoms with Gasteiger partial charge in [0.05, 0.1) is 6.61 Å². The highest BCUT2D eigenvalue weighted by molar-refractivity contribution is 7.46. The molecule has 0 aliphatic heterocycles. The highest BCUT2D eigenvalue weighted by Gasteiger charge is 2.22. The van der Waals surface area contributed by atoms with Crippen LogP contribution in [-0.4, -0.2) is 41.0 Å². The summed E-state index contributed by atoms with van der Waals surface area (Å²) in [6, 6.07) is 0. The highest BCUT2D eigenvalue weighted by Crippen LogP contribution is 2.35. The van der Waals surface area contributed by atoms with E-state index < -0.39 is 32.5 Å². The summed E-state index contributed by atoms with van der Waals surface area (Å²) in [5.74, 6) is -0.103. The van der Waals surface area contributed by atoms with Gasteiger partial charge in [-0.25, -0.2) is 4.57 Å². The number of esters is 2. The molecule has 0 radical (unpaired) electrons. The molecule has 0 amide bonds. The molecule has 0 spiro atoms. The predicted octanol–water partition coefficient (Wildman–Crippen LogP) is 7.64. The summed E-state index contributed by atoms with van der Waals surface area (Å²) in [4.78, 5) is 42.2. The number of rotatable bonds is 26. The Bertz CT molecular complexity index is 605. The van der Waals surface area contributed by atoms with Gasteiger partial charge in [0.1, 0.15) is 6.61 Å². The average Bonchev–Trinajstić information content (AvgIpc) is 2.82. The molecular weight excluding hydrogens is 495 g/mol. The molecule has 1 atom stereocenters. The number of unbranched alkanes of at least 4 members (excludes halogenated alkanes) is 14. The van der Waals surface area contributed by atoms with Gasteiger partial charge >= 0.3 is 19.8 Å². The minimum absolute atomic E-state index is 0.216. The maximum Gasteiger partial charge on any atom is 0.469 e. The first-order valence-electron chi connectivity index (χ1n) is 14.7. The van der Waals surface area contributed by atoms with Crippen LogP contribution in [0.1, 0.15) is 143 Å². The molecule has 37 heavy (non-hydrogen) atoms. The first kappa shape index (κ1) is 36.0. The zero-order valence-electron chi connectivity index (χ0n) is 23.8. The maximum absolute atomic E-state index is 12.2. The second kappa shape index (κ2) is 24.1. The molecule has 9 heteroatoms. The van der Waals surface area contributed by atoms with Gasteiger partial charge in [-0.2, -0.15) is 0 Å². The van der Waals surface area contributed by atoms with Crippen LogP contribution in [-0.2, 0) is 28.2 Å². The van der Waals surface area contributed by atoms with Gasteiger partial charge < -0.3 is 19.3 Å². The molecule has 0 rings (SSSR count). The lowest BCUT2D eigenvalue weighted by molar-refractivity contribution is -0.161. The van der Waals surface area contributed by atoms with E-state index in [0.29, 0.717) is 6.42 Å². The molecule has 0 aromatic carbocycles. The number of carbonyl (C=O) groups excluding carboxylic acids is 2. The average molecular weight is 551 g/mol. The molecule has 8 nitrogen and oxygen atoms in total. The van der Waals surface area contributed by atoms with E-state index in [9.17, 15) is 14.2 Å². The smallest absolute Gasteiger partial charge is 0.462 e. The molecule has 0 saturated heterocycles. The Morgan fingerprint density at radius 2 is 1.14 bits per heavy atom. The Morgan fingerprint density at radius 1 is 0.676 bits per heavy atom. The summed E-state index contributed by atoms with van der Waals surface area (Å²) in [6.07, 6.45) is 18.6. The third-order valence-electron chi connectivity index (χ3n) is 6.30. The Hall–Kier alpha value is -0.950. The van der Waals surface area contributed by atoms with Crippen LogP contribution < -0.4 is 0 Å². The van der Waals surface area contributed by atoms with Crippen molar-refractivity contribution in [3.63, 3.8) is 0 Å². The Kier molecular flexibility index (Phi) is 23.5. The molecule has 0 aromatic rings. The number of carbonyl (C=O) groups is 2.